The Hall–Kier alpha value is -0.260. The number of halogens is 2. The van der Waals surface area contributed by atoms with E-state index in [-0.39, 0.29) is 12.6 Å². The molecule has 13 heavy (non-hydrogen) atoms. The normalized spacial score (nSPS) is 25.4. The predicted molar refractivity (Wildman–Crippen MR) is 46.1 cm³/mol. The maximum absolute atomic E-state index is 11.8. The van der Waals surface area contributed by atoms with Gasteiger partial charge in [0.05, 0.1) is 19.3 Å². The molecule has 0 spiro atoms. The second-order valence-electron chi connectivity index (χ2n) is 3.30. The van der Waals surface area contributed by atoms with Crippen molar-refractivity contribution in [3.05, 3.63) is 0 Å². The second kappa shape index (κ2) is 5.47. The minimum Gasteiger partial charge on any atom is -0.374 e. The van der Waals surface area contributed by atoms with Crippen molar-refractivity contribution in [2.45, 2.75) is 12.5 Å². The number of hydrogen-bond acceptors (Lipinski definition) is 3. The molecule has 0 bridgehead atoms. The fourth-order valence-electron chi connectivity index (χ4n) is 1.34. The number of alkyl halides is 2. The first kappa shape index (κ1) is 10.8. The minimum absolute atomic E-state index is 0.0532. The maximum atomic E-state index is 11.8. The van der Waals surface area contributed by atoms with E-state index >= 15 is 0 Å². The molecule has 1 unspecified atom stereocenters. The molecular weight excluding hydrogens is 178 g/mol. The van der Waals surface area contributed by atoms with Crippen molar-refractivity contribution >= 4 is 0 Å². The summed E-state index contributed by atoms with van der Waals surface area (Å²) in [5, 5.41) is 2.67. The van der Waals surface area contributed by atoms with E-state index in [1.807, 2.05) is 7.05 Å². The van der Waals surface area contributed by atoms with Gasteiger partial charge in [0.25, 0.3) is 6.43 Å². The van der Waals surface area contributed by atoms with Gasteiger partial charge < -0.3 is 15.0 Å². The first-order valence-corrected chi connectivity index (χ1v) is 4.47. The van der Waals surface area contributed by atoms with Crippen molar-refractivity contribution in [3.63, 3.8) is 0 Å². The lowest BCUT2D eigenvalue weighted by Gasteiger charge is -2.30. The summed E-state index contributed by atoms with van der Waals surface area (Å²) in [6.45, 7) is 2.69. The molecule has 0 amide bonds. The molecule has 0 radical (unpaired) electrons. The lowest BCUT2D eigenvalue weighted by Crippen LogP contribution is -2.45. The van der Waals surface area contributed by atoms with Crippen LogP contribution < -0.4 is 5.32 Å². The fraction of sp³-hybridized carbons (Fsp3) is 1.00. The van der Waals surface area contributed by atoms with Crippen LogP contribution in [0.3, 0.4) is 0 Å². The Labute approximate surface area is 77.0 Å². The lowest BCUT2D eigenvalue weighted by molar-refractivity contribution is -0.0195. The fourth-order valence-corrected chi connectivity index (χ4v) is 1.34. The highest BCUT2D eigenvalue weighted by molar-refractivity contribution is 4.70. The van der Waals surface area contributed by atoms with Crippen LogP contribution >= 0.6 is 0 Å². The van der Waals surface area contributed by atoms with Crippen LogP contribution in [0.2, 0.25) is 0 Å². The first-order chi connectivity index (χ1) is 6.18. The van der Waals surface area contributed by atoms with Gasteiger partial charge in [-0.2, -0.15) is 0 Å². The molecule has 1 heterocycles. The highest BCUT2D eigenvalue weighted by Crippen LogP contribution is 2.01. The molecular formula is C8H16F2N2O. The van der Waals surface area contributed by atoms with Crippen LogP contribution in [0.15, 0.2) is 0 Å². The molecule has 1 fully saturated rings. The van der Waals surface area contributed by atoms with E-state index in [0.717, 1.165) is 13.1 Å². The number of ether oxygens (including phenoxy) is 1. The van der Waals surface area contributed by atoms with Crippen LogP contribution in [-0.2, 0) is 4.74 Å². The third-order valence-corrected chi connectivity index (χ3v) is 2.01. The van der Waals surface area contributed by atoms with Crippen molar-refractivity contribution in [2.24, 2.45) is 0 Å². The smallest absolute Gasteiger partial charge is 0.250 e. The van der Waals surface area contributed by atoms with E-state index in [0.29, 0.717) is 13.2 Å². The predicted octanol–water partition coefficient (Wildman–Crippen LogP) is 0.172. The summed E-state index contributed by atoms with van der Waals surface area (Å²) in [5.41, 5.74) is 0. The minimum atomic E-state index is -2.28. The van der Waals surface area contributed by atoms with E-state index < -0.39 is 6.43 Å². The van der Waals surface area contributed by atoms with E-state index in [9.17, 15) is 8.78 Å². The Kier molecular flexibility index (Phi) is 4.55. The number of likely N-dealkylation sites (N-methyl/N-ethyl adjacent to an activating group) is 1. The summed E-state index contributed by atoms with van der Waals surface area (Å²) in [5.74, 6) is 0. The second-order valence-corrected chi connectivity index (χ2v) is 3.30. The van der Waals surface area contributed by atoms with Crippen LogP contribution in [0.4, 0.5) is 8.78 Å². The van der Waals surface area contributed by atoms with Gasteiger partial charge in [-0.05, 0) is 7.05 Å². The highest BCUT2D eigenvalue weighted by Gasteiger charge is 2.17. The number of nitrogens with zero attached hydrogens (tertiary/aromatic N) is 1. The molecule has 0 aromatic heterocycles. The largest absolute Gasteiger partial charge is 0.374 e. The number of nitrogens with one attached hydrogen (secondary N) is 1. The van der Waals surface area contributed by atoms with Crippen LogP contribution in [0, 0.1) is 0 Å². The van der Waals surface area contributed by atoms with E-state index in [1.165, 1.54) is 0 Å². The molecule has 3 nitrogen and oxygen atoms in total. The summed E-state index contributed by atoms with van der Waals surface area (Å²) in [6, 6.07) is 0. The van der Waals surface area contributed by atoms with Crippen molar-refractivity contribution < 1.29 is 13.5 Å². The molecule has 1 rings (SSSR count). The molecule has 1 atom stereocenters. The Morgan fingerprint density at radius 2 is 2.38 bits per heavy atom. The third-order valence-electron chi connectivity index (χ3n) is 2.01. The van der Waals surface area contributed by atoms with E-state index in [2.05, 4.69) is 10.2 Å². The molecule has 1 aliphatic heterocycles. The number of rotatable bonds is 4. The van der Waals surface area contributed by atoms with Gasteiger partial charge in [0, 0.05) is 19.6 Å². The van der Waals surface area contributed by atoms with Gasteiger partial charge in [-0.1, -0.05) is 0 Å². The molecule has 1 aliphatic rings. The van der Waals surface area contributed by atoms with Crippen molar-refractivity contribution in [3.8, 4) is 0 Å². The average molecular weight is 194 g/mol. The summed E-state index contributed by atoms with van der Waals surface area (Å²) in [4.78, 5) is 2.14. The monoisotopic (exact) mass is 194 g/mol. The zero-order chi connectivity index (χ0) is 9.68. The maximum Gasteiger partial charge on any atom is 0.250 e. The third kappa shape index (κ3) is 4.50. The zero-order valence-corrected chi connectivity index (χ0v) is 7.80. The zero-order valence-electron chi connectivity index (χ0n) is 7.80. The van der Waals surface area contributed by atoms with Gasteiger partial charge in [0.15, 0.2) is 0 Å². The van der Waals surface area contributed by atoms with Crippen molar-refractivity contribution in [2.75, 3.05) is 39.8 Å². The van der Waals surface area contributed by atoms with Gasteiger partial charge in [-0.25, -0.2) is 8.78 Å². The quantitative estimate of drug-likeness (QED) is 0.690. The Bertz CT molecular complexity index is 146. The summed E-state index contributed by atoms with van der Waals surface area (Å²) in [7, 11) is 2.00. The van der Waals surface area contributed by atoms with Gasteiger partial charge in [-0.15, -0.1) is 0 Å². The van der Waals surface area contributed by atoms with Gasteiger partial charge in [-0.3, -0.25) is 0 Å². The molecule has 1 N–H and O–H groups in total. The molecule has 1 saturated heterocycles. The Morgan fingerprint density at radius 3 is 3.00 bits per heavy atom. The molecule has 0 aromatic carbocycles. The standard InChI is InChI=1S/C8H16F2N2O/c1-12-2-3-13-7(6-12)4-11-5-8(9)10/h7-8,11H,2-6H2,1H3. The van der Waals surface area contributed by atoms with Gasteiger partial charge in [0.1, 0.15) is 0 Å². The van der Waals surface area contributed by atoms with E-state index in [1.54, 1.807) is 0 Å². The van der Waals surface area contributed by atoms with Crippen LogP contribution in [-0.4, -0.2) is 57.3 Å². The molecule has 78 valence electrons. The molecule has 0 aromatic rings. The topological polar surface area (TPSA) is 24.5 Å². The summed E-state index contributed by atoms with van der Waals surface area (Å²) < 4.78 is 28.9. The first-order valence-electron chi connectivity index (χ1n) is 4.47. The number of hydrogen-bond donors (Lipinski definition) is 1. The average Bonchev–Trinajstić information content (AvgIpc) is 2.03. The SMILES string of the molecule is CN1CCOC(CNCC(F)F)C1. The Balaban J connectivity index is 2.06. The van der Waals surface area contributed by atoms with Crippen LogP contribution in [0.25, 0.3) is 0 Å². The Morgan fingerprint density at radius 1 is 1.62 bits per heavy atom. The van der Waals surface area contributed by atoms with Gasteiger partial charge >= 0.3 is 0 Å². The summed E-state index contributed by atoms with van der Waals surface area (Å²) in [6.07, 6.45) is -2.22. The molecule has 5 heteroatoms. The van der Waals surface area contributed by atoms with Gasteiger partial charge in [0.2, 0.25) is 0 Å². The van der Waals surface area contributed by atoms with Crippen molar-refractivity contribution in [1.82, 2.24) is 10.2 Å². The van der Waals surface area contributed by atoms with Crippen LogP contribution in [0.1, 0.15) is 0 Å². The molecule has 0 aliphatic carbocycles. The lowest BCUT2D eigenvalue weighted by atomic mass is 10.3. The highest BCUT2D eigenvalue weighted by atomic mass is 19.3. The van der Waals surface area contributed by atoms with Crippen molar-refractivity contribution in [1.29, 1.82) is 0 Å². The van der Waals surface area contributed by atoms with Crippen LogP contribution in [0.5, 0.6) is 0 Å². The number of morpholine rings is 1. The summed E-state index contributed by atoms with van der Waals surface area (Å²) >= 11 is 0. The molecule has 0 saturated carbocycles. The van der Waals surface area contributed by atoms with E-state index in [4.69, 9.17) is 4.74 Å².